The molecule has 84 valence electrons. The van der Waals surface area contributed by atoms with E-state index in [1.54, 1.807) is 7.11 Å². The van der Waals surface area contributed by atoms with Gasteiger partial charge in [-0.15, -0.1) is 0 Å². The standard InChI is InChI=1S/C15H18O/c1-10-12-3-4-13(9-12)15(10)11-5-7-14(16-2)8-6-11/h3-8,10,12-13,15H,9H2,1-2H3/t10-,12+,13-,15+/m1/s1. The van der Waals surface area contributed by atoms with Crippen LogP contribution in [0.1, 0.15) is 24.8 Å². The molecule has 2 aliphatic rings. The number of methoxy groups -OCH3 is 1. The van der Waals surface area contributed by atoms with Gasteiger partial charge in [0.05, 0.1) is 7.11 Å². The predicted octanol–water partition coefficient (Wildman–Crippen LogP) is 3.62. The fourth-order valence-electron chi connectivity index (χ4n) is 3.45. The van der Waals surface area contributed by atoms with E-state index in [0.717, 1.165) is 29.4 Å². The first-order chi connectivity index (χ1) is 7.79. The van der Waals surface area contributed by atoms with Gasteiger partial charge in [-0.2, -0.15) is 0 Å². The highest BCUT2D eigenvalue weighted by atomic mass is 16.5. The van der Waals surface area contributed by atoms with Crippen molar-refractivity contribution in [3.05, 3.63) is 42.0 Å². The highest BCUT2D eigenvalue weighted by Crippen LogP contribution is 2.52. The van der Waals surface area contributed by atoms with Gasteiger partial charge in [-0.3, -0.25) is 0 Å². The van der Waals surface area contributed by atoms with Crippen LogP contribution in [-0.4, -0.2) is 7.11 Å². The summed E-state index contributed by atoms with van der Waals surface area (Å²) in [5.74, 6) is 4.06. The molecule has 0 saturated heterocycles. The summed E-state index contributed by atoms with van der Waals surface area (Å²) in [6, 6.07) is 8.62. The topological polar surface area (TPSA) is 9.23 Å². The minimum absolute atomic E-state index is 0.723. The van der Waals surface area contributed by atoms with Gasteiger partial charge in [0.1, 0.15) is 5.75 Å². The lowest BCUT2D eigenvalue weighted by Crippen LogP contribution is -2.14. The molecular formula is C15H18O. The van der Waals surface area contributed by atoms with Crippen molar-refractivity contribution in [1.29, 1.82) is 0 Å². The molecule has 1 fully saturated rings. The lowest BCUT2D eigenvalue weighted by molar-refractivity contribution is 0.411. The van der Waals surface area contributed by atoms with Gasteiger partial charge in [-0.05, 0) is 47.8 Å². The first kappa shape index (κ1) is 9.95. The van der Waals surface area contributed by atoms with Crippen molar-refractivity contribution in [3.63, 3.8) is 0 Å². The van der Waals surface area contributed by atoms with Crippen LogP contribution in [0.3, 0.4) is 0 Å². The third-order valence-corrected chi connectivity index (χ3v) is 4.35. The van der Waals surface area contributed by atoms with E-state index in [1.165, 1.54) is 12.0 Å². The molecule has 2 aliphatic carbocycles. The summed E-state index contributed by atoms with van der Waals surface area (Å²) in [5.41, 5.74) is 1.48. The zero-order valence-corrected chi connectivity index (χ0v) is 9.89. The van der Waals surface area contributed by atoms with Gasteiger partial charge < -0.3 is 4.74 Å². The molecule has 1 nitrogen and oxygen atoms in total. The van der Waals surface area contributed by atoms with Crippen LogP contribution in [0.25, 0.3) is 0 Å². The second-order valence-electron chi connectivity index (χ2n) is 5.11. The van der Waals surface area contributed by atoms with Crippen molar-refractivity contribution >= 4 is 0 Å². The first-order valence-electron chi connectivity index (χ1n) is 6.12. The minimum Gasteiger partial charge on any atom is -0.497 e. The monoisotopic (exact) mass is 214 g/mol. The van der Waals surface area contributed by atoms with E-state index in [2.05, 4.69) is 43.3 Å². The molecule has 4 atom stereocenters. The van der Waals surface area contributed by atoms with E-state index in [0.29, 0.717) is 0 Å². The quantitative estimate of drug-likeness (QED) is 0.683. The summed E-state index contributed by atoms with van der Waals surface area (Å²) in [6.07, 6.45) is 6.19. The van der Waals surface area contributed by atoms with Gasteiger partial charge in [-0.25, -0.2) is 0 Å². The van der Waals surface area contributed by atoms with Gasteiger partial charge in [-0.1, -0.05) is 31.2 Å². The Hall–Kier alpha value is -1.24. The largest absolute Gasteiger partial charge is 0.497 e. The maximum atomic E-state index is 5.21. The average molecular weight is 214 g/mol. The molecule has 0 unspecified atom stereocenters. The Morgan fingerprint density at radius 3 is 2.31 bits per heavy atom. The molecule has 3 rings (SSSR count). The number of benzene rings is 1. The number of hydrogen-bond donors (Lipinski definition) is 0. The molecule has 1 aromatic rings. The van der Waals surface area contributed by atoms with E-state index < -0.39 is 0 Å². The van der Waals surface area contributed by atoms with Crippen LogP contribution >= 0.6 is 0 Å². The van der Waals surface area contributed by atoms with Crippen molar-refractivity contribution in [2.24, 2.45) is 17.8 Å². The van der Waals surface area contributed by atoms with Gasteiger partial charge in [0.15, 0.2) is 0 Å². The molecular weight excluding hydrogens is 196 g/mol. The van der Waals surface area contributed by atoms with E-state index in [4.69, 9.17) is 4.74 Å². The predicted molar refractivity (Wildman–Crippen MR) is 65.6 cm³/mol. The number of fused-ring (bicyclic) bond motifs is 2. The highest BCUT2D eigenvalue weighted by Gasteiger charge is 2.42. The molecule has 0 radical (unpaired) electrons. The van der Waals surface area contributed by atoms with Crippen molar-refractivity contribution in [2.75, 3.05) is 7.11 Å². The first-order valence-corrected chi connectivity index (χ1v) is 6.12. The van der Waals surface area contributed by atoms with Crippen molar-refractivity contribution in [1.82, 2.24) is 0 Å². The molecule has 0 aromatic heterocycles. The second-order valence-corrected chi connectivity index (χ2v) is 5.11. The van der Waals surface area contributed by atoms with Crippen molar-refractivity contribution in [2.45, 2.75) is 19.3 Å². The van der Waals surface area contributed by atoms with E-state index >= 15 is 0 Å². The fraction of sp³-hybridized carbons (Fsp3) is 0.467. The third kappa shape index (κ3) is 1.38. The van der Waals surface area contributed by atoms with Crippen LogP contribution in [0.5, 0.6) is 5.75 Å². The highest BCUT2D eigenvalue weighted by molar-refractivity contribution is 5.33. The van der Waals surface area contributed by atoms with E-state index in [9.17, 15) is 0 Å². The molecule has 1 aromatic carbocycles. The number of hydrogen-bond acceptors (Lipinski definition) is 1. The zero-order valence-electron chi connectivity index (χ0n) is 9.89. The molecule has 0 aliphatic heterocycles. The Balaban J connectivity index is 1.89. The van der Waals surface area contributed by atoms with Crippen LogP contribution in [0.2, 0.25) is 0 Å². The number of allylic oxidation sites excluding steroid dienone is 2. The zero-order chi connectivity index (χ0) is 11.1. The number of rotatable bonds is 2. The smallest absolute Gasteiger partial charge is 0.118 e. The Bertz CT molecular complexity index is 404. The average Bonchev–Trinajstić information content (AvgIpc) is 2.90. The van der Waals surface area contributed by atoms with Crippen LogP contribution in [0.4, 0.5) is 0 Å². The number of ether oxygens (including phenoxy) is 1. The molecule has 1 heteroatoms. The molecule has 0 heterocycles. The maximum absolute atomic E-state index is 5.21. The maximum Gasteiger partial charge on any atom is 0.118 e. The van der Waals surface area contributed by atoms with Crippen LogP contribution in [0.15, 0.2) is 36.4 Å². The Kier molecular flexibility index (Phi) is 2.27. The molecule has 0 N–H and O–H groups in total. The third-order valence-electron chi connectivity index (χ3n) is 4.35. The summed E-state index contributed by atoms with van der Waals surface area (Å²) >= 11 is 0. The Labute approximate surface area is 97.1 Å². The SMILES string of the molecule is COc1ccc([C@@H]2[C@H](C)[C@H]3C=C[C@@H]2C3)cc1. The molecule has 0 spiro atoms. The van der Waals surface area contributed by atoms with Crippen molar-refractivity contribution < 1.29 is 4.74 Å². The minimum atomic E-state index is 0.723. The van der Waals surface area contributed by atoms with Gasteiger partial charge in [0.25, 0.3) is 0 Å². The van der Waals surface area contributed by atoms with E-state index in [-0.39, 0.29) is 0 Å². The Morgan fingerprint density at radius 1 is 1.06 bits per heavy atom. The summed E-state index contributed by atoms with van der Waals surface area (Å²) in [4.78, 5) is 0. The molecule has 0 amide bonds. The van der Waals surface area contributed by atoms with Gasteiger partial charge >= 0.3 is 0 Å². The summed E-state index contributed by atoms with van der Waals surface area (Å²) < 4.78 is 5.21. The lowest BCUT2D eigenvalue weighted by atomic mass is 9.80. The Morgan fingerprint density at radius 2 is 1.75 bits per heavy atom. The summed E-state index contributed by atoms with van der Waals surface area (Å²) in [6.45, 7) is 2.39. The van der Waals surface area contributed by atoms with Crippen LogP contribution in [0, 0.1) is 17.8 Å². The van der Waals surface area contributed by atoms with Gasteiger partial charge in [0.2, 0.25) is 0 Å². The molecule has 1 saturated carbocycles. The van der Waals surface area contributed by atoms with E-state index in [1.807, 2.05) is 0 Å². The lowest BCUT2D eigenvalue weighted by Gasteiger charge is -2.25. The van der Waals surface area contributed by atoms with Crippen LogP contribution < -0.4 is 4.74 Å². The molecule has 2 bridgehead atoms. The van der Waals surface area contributed by atoms with Crippen LogP contribution in [-0.2, 0) is 0 Å². The molecule has 16 heavy (non-hydrogen) atoms. The summed E-state index contributed by atoms with van der Waals surface area (Å²) in [5, 5.41) is 0. The summed E-state index contributed by atoms with van der Waals surface area (Å²) in [7, 11) is 1.72. The fourth-order valence-corrected chi connectivity index (χ4v) is 3.45. The van der Waals surface area contributed by atoms with Gasteiger partial charge in [0, 0.05) is 0 Å². The normalized spacial score (nSPS) is 35.6. The second kappa shape index (κ2) is 3.65. The van der Waals surface area contributed by atoms with Crippen molar-refractivity contribution in [3.8, 4) is 5.75 Å².